The van der Waals surface area contributed by atoms with E-state index in [9.17, 15) is 5.26 Å². The van der Waals surface area contributed by atoms with Crippen LogP contribution in [0.3, 0.4) is 0 Å². The molecule has 0 atom stereocenters. The molecule has 0 unspecified atom stereocenters. The first-order valence-electron chi connectivity index (χ1n) is 7.54. The SMILES string of the molecule is CCCCN1c2cc(OC)c(C#N)cc2C(C)=CC1(C)C. The molecule has 0 bridgehead atoms. The number of anilines is 1. The first-order chi connectivity index (χ1) is 9.94. The summed E-state index contributed by atoms with van der Waals surface area (Å²) in [6, 6.07) is 6.19. The molecule has 1 heterocycles. The van der Waals surface area contributed by atoms with E-state index in [2.05, 4.69) is 44.7 Å². The van der Waals surface area contributed by atoms with Gasteiger partial charge in [0.1, 0.15) is 11.8 Å². The zero-order valence-corrected chi connectivity index (χ0v) is 13.7. The van der Waals surface area contributed by atoms with E-state index in [4.69, 9.17) is 4.74 Å². The lowest BCUT2D eigenvalue weighted by atomic mass is 9.87. The van der Waals surface area contributed by atoms with Gasteiger partial charge in [-0.2, -0.15) is 5.26 Å². The van der Waals surface area contributed by atoms with E-state index in [-0.39, 0.29) is 5.54 Å². The first-order valence-corrected chi connectivity index (χ1v) is 7.54. The van der Waals surface area contributed by atoms with Crippen molar-refractivity contribution >= 4 is 11.3 Å². The molecule has 0 aliphatic carbocycles. The van der Waals surface area contributed by atoms with Crippen molar-refractivity contribution in [2.75, 3.05) is 18.6 Å². The van der Waals surface area contributed by atoms with E-state index < -0.39 is 0 Å². The average Bonchev–Trinajstić information content (AvgIpc) is 2.45. The van der Waals surface area contributed by atoms with Crippen LogP contribution in [0.1, 0.15) is 51.7 Å². The lowest BCUT2D eigenvalue weighted by Gasteiger charge is -2.43. The van der Waals surface area contributed by atoms with Crippen molar-refractivity contribution in [3.8, 4) is 11.8 Å². The molecule has 0 radical (unpaired) electrons. The van der Waals surface area contributed by atoms with Crippen LogP contribution in [-0.2, 0) is 0 Å². The van der Waals surface area contributed by atoms with Crippen molar-refractivity contribution < 1.29 is 4.74 Å². The predicted octanol–water partition coefficient (Wildman–Crippen LogP) is 4.37. The highest BCUT2D eigenvalue weighted by molar-refractivity contribution is 5.83. The fraction of sp³-hybridized carbons (Fsp3) is 0.500. The Hall–Kier alpha value is -1.95. The molecule has 0 fully saturated rings. The normalized spacial score (nSPS) is 16.0. The van der Waals surface area contributed by atoms with Crippen LogP contribution >= 0.6 is 0 Å². The minimum atomic E-state index is -0.0224. The number of nitriles is 1. The molecule has 1 aromatic carbocycles. The standard InChI is InChI=1S/C18H24N2O/c1-6-7-8-20-16-10-17(21-5)14(12-19)9-15(16)13(2)11-18(20,3)4/h9-11H,6-8H2,1-5H3. The molecular weight excluding hydrogens is 260 g/mol. The largest absolute Gasteiger partial charge is 0.495 e. The lowest BCUT2D eigenvalue weighted by molar-refractivity contribution is 0.413. The van der Waals surface area contributed by atoms with Crippen molar-refractivity contribution in [2.24, 2.45) is 0 Å². The molecule has 2 rings (SSSR count). The molecule has 1 aliphatic rings. The Morgan fingerprint density at radius 3 is 2.62 bits per heavy atom. The van der Waals surface area contributed by atoms with Crippen molar-refractivity contribution in [3.63, 3.8) is 0 Å². The van der Waals surface area contributed by atoms with E-state index >= 15 is 0 Å². The third-order valence-electron chi connectivity index (χ3n) is 4.15. The second-order valence-electron chi connectivity index (χ2n) is 6.17. The number of ether oxygens (including phenoxy) is 1. The van der Waals surface area contributed by atoms with Gasteiger partial charge in [-0.25, -0.2) is 0 Å². The summed E-state index contributed by atoms with van der Waals surface area (Å²) < 4.78 is 5.39. The maximum Gasteiger partial charge on any atom is 0.138 e. The Bertz CT molecular complexity index is 608. The molecule has 0 saturated carbocycles. The Balaban J connectivity index is 2.60. The van der Waals surface area contributed by atoms with Crippen LogP contribution in [0.5, 0.6) is 5.75 Å². The topological polar surface area (TPSA) is 36.3 Å². The number of benzene rings is 1. The third-order valence-corrected chi connectivity index (χ3v) is 4.15. The predicted molar refractivity (Wildman–Crippen MR) is 87.7 cm³/mol. The van der Waals surface area contributed by atoms with Gasteiger partial charge in [0.2, 0.25) is 0 Å². The van der Waals surface area contributed by atoms with Crippen LogP contribution in [0.2, 0.25) is 0 Å². The van der Waals surface area contributed by atoms with Crippen LogP contribution in [0.15, 0.2) is 18.2 Å². The summed E-state index contributed by atoms with van der Waals surface area (Å²) >= 11 is 0. The fourth-order valence-corrected chi connectivity index (χ4v) is 3.09. The Morgan fingerprint density at radius 1 is 1.33 bits per heavy atom. The second kappa shape index (κ2) is 5.81. The Morgan fingerprint density at radius 2 is 2.05 bits per heavy atom. The van der Waals surface area contributed by atoms with Gasteiger partial charge >= 0.3 is 0 Å². The number of nitrogens with zero attached hydrogens (tertiary/aromatic N) is 2. The van der Waals surface area contributed by atoms with Gasteiger partial charge in [0.05, 0.1) is 18.2 Å². The molecule has 0 aromatic heterocycles. The highest BCUT2D eigenvalue weighted by Crippen LogP contribution is 2.42. The summed E-state index contributed by atoms with van der Waals surface area (Å²) in [5, 5.41) is 9.28. The van der Waals surface area contributed by atoms with Gasteiger partial charge in [-0.3, -0.25) is 0 Å². The van der Waals surface area contributed by atoms with Crippen molar-refractivity contribution in [2.45, 2.75) is 46.1 Å². The number of rotatable bonds is 4. The summed E-state index contributed by atoms with van der Waals surface area (Å²) in [6.45, 7) is 9.80. The van der Waals surface area contributed by atoms with Crippen molar-refractivity contribution in [1.29, 1.82) is 5.26 Å². The number of hydrogen-bond acceptors (Lipinski definition) is 3. The summed E-state index contributed by atoms with van der Waals surface area (Å²) in [5.41, 5.74) is 4.11. The van der Waals surface area contributed by atoms with Crippen LogP contribution < -0.4 is 9.64 Å². The molecule has 3 heteroatoms. The zero-order chi connectivity index (χ0) is 15.6. The highest BCUT2D eigenvalue weighted by Gasteiger charge is 2.31. The van der Waals surface area contributed by atoms with Gasteiger partial charge in [-0.15, -0.1) is 0 Å². The summed E-state index contributed by atoms with van der Waals surface area (Å²) in [4.78, 5) is 2.42. The molecule has 0 saturated heterocycles. The summed E-state index contributed by atoms with van der Waals surface area (Å²) in [5.74, 6) is 0.656. The first kappa shape index (κ1) is 15.4. The van der Waals surface area contributed by atoms with Crippen LogP contribution in [0.25, 0.3) is 5.57 Å². The summed E-state index contributed by atoms with van der Waals surface area (Å²) in [7, 11) is 1.62. The molecule has 1 aliphatic heterocycles. The minimum Gasteiger partial charge on any atom is -0.495 e. The maximum absolute atomic E-state index is 9.28. The summed E-state index contributed by atoms with van der Waals surface area (Å²) in [6.07, 6.45) is 4.61. The fourth-order valence-electron chi connectivity index (χ4n) is 3.09. The Kier molecular flexibility index (Phi) is 4.27. The quantitative estimate of drug-likeness (QED) is 0.823. The van der Waals surface area contributed by atoms with E-state index in [0.717, 1.165) is 24.9 Å². The van der Waals surface area contributed by atoms with E-state index in [1.54, 1.807) is 7.11 Å². The van der Waals surface area contributed by atoms with Crippen LogP contribution in [0.4, 0.5) is 5.69 Å². The Labute approximate surface area is 127 Å². The second-order valence-corrected chi connectivity index (χ2v) is 6.17. The van der Waals surface area contributed by atoms with E-state index in [0.29, 0.717) is 11.3 Å². The third kappa shape index (κ3) is 2.76. The molecule has 112 valence electrons. The average molecular weight is 284 g/mol. The highest BCUT2D eigenvalue weighted by atomic mass is 16.5. The molecule has 0 spiro atoms. The minimum absolute atomic E-state index is 0.0224. The molecule has 1 aromatic rings. The maximum atomic E-state index is 9.28. The zero-order valence-electron chi connectivity index (χ0n) is 13.7. The van der Waals surface area contributed by atoms with Gasteiger partial charge in [-0.1, -0.05) is 19.4 Å². The van der Waals surface area contributed by atoms with E-state index in [1.807, 2.05) is 12.1 Å². The van der Waals surface area contributed by atoms with Gasteiger partial charge < -0.3 is 9.64 Å². The van der Waals surface area contributed by atoms with Gasteiger partial charge in [0, 0.05) is 23.9 Å². The number of methoxy groups -OCH3 is 1. The monoisotopic (exact) mass is 284 g/mol. The number of hydrogen-bond donors (Lipinski definition) is 0. The van der Waals surface area contributed by atoms with Crippen molar-refractivity contribution in [1.82, 2.24) is 0 Å². The molecular formula is C18H24N2O. The number of allylic oxidation sites excluding steroid dienone is 1. The van der Waals surface area contributed by atoms with Crippen LogP contribution in [-0.4, -0.2) is 19.2 Å². The van der Waals surface area contributed by atoms with Gasteiger partial charge in [0.15, 0.2) is 0 Å². The van der Waals surface area contributed by atoms with Crippen molar-refractivity contribution in [3.05, 3.63) is 29.3 Å². The van der Waals surface area contributed by atoms with Gasteiger partial charge in [0.25, 0.3) is 0 Å². The van der Waals surface area contributed by atoms with Crippen LogP contribution in [0, 0.1) is 11.3 Å². The molecule has 21 heavy (non-hydrogen) atoms. The molecule has 0 amide bonds. The number of unbranched alkanes of at least 4 members (excludes halogenated alkanes) is 1. The van der Waals surface area contributed by atoms with E-state index in [1.165, 1.54) is 11.3 Å². The molecule has 3 nitrogen and oxygen atoms in total. The number of fused-ring (bicyclic) bond motifs is 1. The molecule has 0 N–H and O–H groups in total. The lowest BCUT2D eigenvalue weighted by Crippen LogP contribution is -2.45. The smallest absolute Gasteiger partial charge is 0.138 e. The van der Waals surface area contributed by atoms with Gasteiger partial charge in [-0.05, 0) is 38.8 Å².